The van der Waals surface area contributed by atoms with Crippen LogP contribution in [0.5, 0.6) is 0 Å². The number of benzene rings is 15. The lowest BCUT2D eigenvalue weighted by Crippen LogP contribution is -2.61. The molecule has 0 radical (unpaired) electrons. The predicted molar refractivity (Wildman–Crippen MR) is 470 cm³/mol. The molecular formula is C102H77BN2O2S2. The minimum Gasteiger partial charge on any atom is -0.456 e. The van der Waals surface area contributed by atoms with Crippen molar-refractivity contribution in [1.82, 2.24) is 0 Å². The number of furan rings is 2. The largest absolute Gasteiger partial charge is 0.456 e. The Bertz CT molecular complexity index is 7030. The van der Waals surface area contributed by atoms with Gasteiger partial charge < -0.3 is 18.6 Å². The average molecular weight is 1440 g/mol. The summed E-state index contributed by atoms with van der Waals surface area (Å²) in [6.45, 7) is 20.1. The first-order valence-corrected chi connectivity index (χ1v) is 39.4. The predicted octanol–water partition coefficient (Wildman–Crippen LogP) is 28.2. The van der Waals surface area contributed by atoms with E-state index in [0.29, 0.717) is 5.56 Å². The van der Waals surface area contributed by atoms with Crippen LogP contribution in [0.1, 0.15) is 85.9 Å². The highest BCUT2D eigenvalue weighted by Crippen LogP contribution is 2.59. The molecular weight excluding hydrogens is 1360 g/mol. The number of thiophene rings is 2. The highest BCUT2D eigenvalue weighted by molar-refractivity contribution is 7.26. The van der Waals surface area contributed by atoms with Gasteiger partial charge in [0.1, 0.15) is 22.3 Å². The zero-order chi connectivity index (χ0) is 77.9. The molecule has 0 saturated heterocycles. The molecule has 0 amide bonds. The molecule has 15 aromatic carbocycles. The molecule has 7 heteroatoms. The van der Waals surface area contributed by atoms with Gasteiger partial charge >= 0.3 is 0 Å². The fraction of sp³-hybridized carbons (Fsp3) is 0.118. The minimum atomic E-state index is -0.478. The van der Waals surface area contributed by atoms with Crippen molar-refractivity contribution in [3.05, 3.63) is 320 Å². The second kappa shape index (κ2) is 24.3. The molecule has 4 nitrogen and oxygen atoms in total. The zero-order valence-electron chi connectivity index (χ0n) is 67.1. The smallest absolute Gasteiger partial charge is 0.252 e. The number of hydrogen-bond donors (Lipinski definition) is 0. The molecule has 6 heterocycles. The summed E-state index contributed by atoms with van der Waals surface area (Å²) in [5.41, 5.74) is 24.8. The van der Waals surface area contributed by atoms with Gasteiger partial charge in [-0.25, -0.2) is 0 Å². The summed E-state index contributed by atoms with van der Waals surface area (Å²) in [6, 6.07) is 98.1. The standard InChI is InChI=1S/C102H77BN2O2S2/c1-100(2,3)64-50-47-61(48-51-64)62-49-52-82-80(53-62)103-79-37-17-18-38-81(79)104(98-75(67-33-23-41-87-93(67)71-29-13-19-39-85(71)106-87)56-65(101(4,5)6)58-77(98)69-35-25-45-91-95(69)73-31-15-21-43-89(73)108-91)83-54-63(60-27-11-10-12-28-60)55-84(97(83)103)105(82)99-76(68-34-24-42-88-94(68)72-30-14-20-40-86(72)107-88)57-66(102(7,8)9)59-78(99)70-36-26-46-92-96(70)74-32-16-22-44-90(74)109-92/h10-59H,1-9H3/i10D,11D,12D,27D,28D. The maximum atomic E-state index is 10.3. The summed E-state index contributed by atoms with van der Waals surface area (Å²) in [6.07, 6.45) is 0. The molecule has 522 valence electrons. The lowest BCUT2D eigenvalue weighted by molar-refractivity contribution is 0.590. The Labute approximate surface area is 650 Å². The van der Waals surface area contributed by atoms with E-state index in [1.807, 2.05) is 12.1 Å². The summed E-state index contributed by atoms with van der Waals surface area (Å²) in [4.78, 5) is 5.03. The van der Waals surface area contributed by atoms with Crippen molar-refractivity contribution >= 4 is 164 Å². The summed E-state index contributed by atoms with van der Waals surface area (Å²) >= 11 is 3.61. The van der Waals surface area contributed by atoms with Gasteiger partial charge in [0.05, 0.1) is 18.2 Å². The average Bonchev–Trinajstić information content (AvgIpc) is 1.65. The van der Waals surface area contributed by atoms with Crippen LogP contribution in [0.15, 0.2) is 312 Å². The number of fused-ring (bicyclic) bond motifs is 16. The molecule has 4 aromatic heterocycles. The second-order valence-electron chi connectivity index (χ2n) is 32.6. The van der Waals surface area contributed by atoms with Crippen molar-refractivity contribution in [2.24, 2.45) is 0 Å². The van der Waals surface area contributed by atoms with Gasteiger partial charge in [-0.15, -0.1) is 22.7 Å². The molecule has 0 bridgehead atoms. The van der Waals surface area contributed by atoms with Crippen LogP contribution < -0.4 is 26.2 Å². The number of anilines is 6. The fourth-order valence-corrected chi connectivity index (χ4v) is 20.0. The third-order valence-electron chi connectivity index (χ3n) is 23.0. The van der Waals surface area contributed by atoms with E-state index in [1.54, 1.807) is 22.7 Å². The van der Waals surface area contributed by atoms with Crippen LogP contribution in [0.4, 0.5) is 34.1 Å². The SMILES string of the molecule is [2H]c1c([2H])c([2H])c(-c2cc3c4c(c2)N(c2c(-c5cccc6oc7ccccc7c56)cc(C(C)(C)C)cc2-c2cccc5sc6ccccc6c25)c2ccc(-c5ccc(C(C)(C)C)cc5)cc2B4c2ccccc2N3c2c(-c3cccc4oc5ccccc5c34)cc(C(C)(C)C)cc2-c2cccc3sc4ccccc4c23)c([2H])c1[2H]. The van der Waals surface area contributed by atoms with Gasteiger partial charge in [-0.2, -0.15) is 0 Å². The molecule has 19 aromatic rings. The maximum absolute atomic E-state index is 10.3. The van der Waals surface area contributed by atoms with Crippen molar-refractivity contribution in [1.29, 1.82) is 0 Å². The van der Waals surface area contributed by atoms with Gasteiger partial charge in [0.15, 0.2) is 0 Å². The van der Waals surface area contributed by atoms with E-state index >= 15 is 0 Å². The van der Waals surface area contributed by atoms with E-state index in [9.17, 15) is 6.85 Å². The second-order valence-corrected chi connectivity index (χ2v) is 34.8. The minimum absolute atomic E-state index is 0.0823. The molecule has 0 fully saturated rings. The van der Waals surface area contributed by atoms with Gasteiger partial charge in [-0.1, -0.05) is 268 Å². The number of rotatable bonds is 8. The van der Waals surface area contributed by atoms with Crippen molar-refractivity contribution in [3.8, 4) is 66.8 Å². The molecule has 2 aliphatic heterocycles. The topological polar surface area (TPSA) is 32.8 Å². The van der Waals surface area contributed by atoms with Crippen molar-refractivity contribution in [2.45, 2.75) is 78.6 Å². The molecule has 0 saturated carbocycles. The van der Waals surface area contributed by atoms with Gasteiger partial charge in [-0.3, -0.25) is 0 Å². The number of para-hydroxylation sites is 3. The molecule has 0 spiro atoms. The Morgan fingerprint density at radius 3 is 1.19 bits per heavy atom. The molecule has 0 N–H and O–H groups in total. The van der Waals surface area contributed by atoms with Gasteiger partial charge in [0.25, 0.3) is 6.71 Å². The summed E-state index contributed by atoms with van der Waals surface area (Å²) < 4.78 is 67.6. The lowest BCUT2D eigenvalue weighted by Gasteiger charge is -2.46. The maximum Gasteiger partial charge on any atom is 0.252 e. The van der Waals surface area contributed by atoms with E-state index in [4.69, 9.17) is 8.83 Å². The first kappa shape index (κ1) is 60.1. The fourth-order valence-electron chi connectivity index (χ4n) is 17.7. The first-order chi connectivity index (χ1) is 55.0. The van der Waals surface area contributed by atoms with Crippen LogP contribution in [-0.4, -0.2) is 6.71 Å². The third kappa shape index (κ3) is 10.2. The van der Waals surface area contributed by atoms with Crippen molar-refractivity contribution < 1.29 is 15.7 Å². The molecule has 2 aliphatic rings. The van der Waals surface area contributed by atoms with E-state index in [2.05, 4.69) is 333 Å². The van der Waals surface area contributed by atoms with Crippen molar-refractivity contribution in [2.75, 3.05) is 9.80 Å². The highest BCUT2D eigenvalue weighted by atomic mass is 32.1. The Hall–Kier alpha value is -12.0. The Balaban J connectivity index is 0.987. The molecule has 21 rings (SSSR count). The van der Waals surface area contributed by atoms with E-state index in [0.717, 1.165) is 192 Å². The normalized spacial score (nSPS) is 13.8. The van der Waals surface area contributed by atoms with Gasteiger partial charge in [0, 0.05) is 107 Å². The summed E-state index contributed by atoms with van der Waals surface area (Å²) in [7, 11) is 0. The molecule has 0 atom stereocenters. The van der Waals surface area contributed by atoms with Gasteiger partial charge in [0.2, 0.25) is 0 Å². The summed E-state index contributed by atoms with van der Waals surface area (Å²) in [5, 5.41) is 8.57. The van der Waals surface area contributed by atoms with Crippen LogP contribution in [0.2, 0.25) is 0 Å². The van der Waals surface area contributed by atoms with E-state index in [-0.39, 0.29) is 28.5 Å². The molecule has 0 unspecified atom stereocenters. The summed E-state index contributed by atoms with van der Waals surface area (Å²) in [5.74, 6) is 0. The first-order valence-electron chi connectivity index (χ1n) is 40.2. The number of nitrogens with zero attached hydrogens (tertiary/aromatic N) is 2. The molecule has 109 heavy (non-hydrogen) atoms. The van der Waals surface area contributed by atoms with Gasteiger partial charge in [-0.05, 0) is 191 Å². The zero-order valence-corrected chi connectivity index (χ0v) is 63.7. The highest BCUT2D eigenvalue weighted by Gasteiger charge is 2.46. The quantitative estimate of drug-likeness (QED) is 0.142. The monoisotopic (exact) mass is 1440 g/mol. The van der Waals surface area contributed by atoms with Crippen LogP contribution >= 0.6 is 22.7 Å². The lowest BCUT2D eigenvalue weighted by atomic mass is 9.33. The van der Waals surface area contributed by atoms with E-state index in [1.165, 1.54) is 15.0 Å². The third-order valence-corrected chi connectivity index (χ3v) is 25.3. The number of hydrogen-bond acceptors (Lipinski definition) is 6. The van der Waals surface area contributed by atoms with Crippen molar-refractivity contribution in [3.63, 3.8) is 0 Å². The van der Waals surface area contributed by atoms with Crippen LogP contribution in [-0.2, 0) is 16.2 Å². The Morgan fingerprint density at radius 1 is 0.294 bits per heavy atom. The Morgan fingerprint density at radius 2 is 0.697 bits per heavy atom. The Kier molecular flexibility index (Phi) is 13.4. The van der Waals surface area contributed by atoms with Crippen LogP contribution in [0, 0.1) is 0 Å². The van der Waals surface area contributed by atoms with Crippen LogP contribution in [0.25, 0.3) is 151 Å². The van der Waals surface area contributed by atoms with E-state index < -0.39 is 30.3 Å². The molecule has 0 aliphatic carbocycles. The van der Waals surface area contributed by atoms with Crippen LogP contribution in [0.3, 0.4) is 0 Å².